The molecule has 3 nitrogen and oxygen atoms in total. The summed E-state index contributed by atoms with van der Waals surface area (Å²) >= 11 is 0. The molecule has 5 rings (SSSR count). The Morgan fingerprint density at radius 3 is 2.03 bits per heavy atom. The second kappa shape index (κ2) is 11.3. The van der Waals surface area contributed by atoms with Crippen LogP contribution in [0.4, 0.5) is 17.1 Å². The van der Waals surface area contributed by atoms with Crippen molar-refractivity contribution in [3.8, 4) is 6.07 Å². The number of benzene rings is 5. The summed E-state index contributed by atoms with van der Waals surface area (Å²) in [4.78, 5) is 5.97. The molecule has 0 spiro atoms. The third-order valence-corrected chi connectivity index (χ3v) is 6.66. The van der Waals surface area contributed by atoms with Gasteiger partial charge >= 0.3 is 0 Å². The van der Waals surface area contributed by atoms with Gasteiger partial charge in [-0.2, -0.15) is 5.26 Å². The Morgan fingerprint density at radius 2 is 1.37 bits per heavy atom. The predicted octanol–water partition coefficient (Wildman–Crippen LogP) is 9.57. The molecular weight excluding hydrogens is 462 g/mol. The lowest BCUT2D eigenvalue weighted by Gasteiger charge is -2.27. The highest BCUT2D eigenvalue weighted by molar-refractivity contribution is 6.01. The summed E-state index contributed by atoms with van der Waals surface area (Å²) < 4.78 is 0. The molecule has 5 aromatic rings. The van der Waals surface area contributed by atoms with E-state index in [9.17, 15) is 5.26 Å². The lowest BCUT2D eigenvalue weighted by molar-refractivity contribution is 0.922. The maximum atomic E-state index is 10.0. The minimum Gasteiger partial charge on any atom is -0.310 e. The maximum absolute atomic E-state index is 10.0. The van der Waals surface area contributed by atoms with Gasteiger partial charge in [-0.3, -0.25) is 0 Å². The van der Waals surface area contributed by atoms with E-state index >= 15 is 0 Å². The van der Waals surface area contributed by atoms with Crippen LogP contribution in [0.1, 0.15) is 30.0 Å². The number of nitrogens with zero attached hydrogens (tertiary/aromatic N) is 3. The van der Waals surface area contributed by atoms with E-state index in [4.69, 9.17) is 6.57 Å². The van der Waals surface area contributed by atoms with Crippen molar-refractivity contribution in [3.63, 3.8) is 0 Å². The molecule has 0 amide bonds. The average Bonchev–Trinajstić information content (AvgIpc) is 2.98. The standard InChI is InChI=1S/C35H27N3/c1-3-10-26-17-21-30(22-18-26)38(34-16-9-14-27-11-7-8-15-32(27)34)31-23-19-28(20-24-31)33(25-36)35(37-2)29-12-5-4-6-13-29/h4-9,11-24H,3,10H2,1H3/b35-33-. The molecule has 0 aromatic heterocycles. The van der Waals surface area contributed by atoms with E-state index < -0.39 is 0 Å². The number of hydrogen-bond donors (Lipinski definition) is 0. The second-order valence-electron chi connectivity index (χ2n) is 9.11. The van der Waals surface area contributed by atoms with Crippen molar-refractivity contribution in [2.75, 3.05) is 4.90 Å². The van der Waals surface area contributed by atoms with Gasteiger partial charge in [0.15, 0.2) is 0 Å². The Labute approximate surface area is 224 Å². The summed E-state index contributed by atoms with van der Waals surface area (Å²) in [5, 5.41) is 12.3. The zero-order valence-corrected chi connectivity index (χ0v) is 21.3. The highest BCUT2D eigenvalue weighted by Gasteiger charge is 2.17. The van der Waals surface area contributed by atoms with Crippen molar-refractivity contribution >= 4 is 39.1 Å². The van der Waals surface area contributed by atoms with Crippen LogP contribution in [0.2, 0.25) is 0 Å². The van der Waals surface area contributed by atoms with Crippen LogP contribution in [0.3, 0.4) is 0 Å². The molecular formula is C35H27N3. The topological polar surface area (TPSA) is 31.4 Å². The van der Waals surface area contributed by atoms with Crippen molar-refractivity contribution in [1.29, 1.82) is 5.26 Å². The van der Waals surface area contributed by atoms with Crippen LogP contribution in [0, 0.1) is 17.9 Å². The SMILES string of the molecule is [C-]#[N+]/C(=C(/C#N)c1ccc(N(c2ccc(CCC)cc2)c2cccc3ccccc23)cc1)c1ccccc1. The third kappa shape index (κ3) is 4.92. The van der Waals surface area contributed by atoms with Crippen molar-refractivity contribution in [2.45, 2.75) is 19.8 Å². The number of rotatable bonds is 7. The molecule has 0 saturated heterocycles. The van der Waals surface area contributed by atoms with E-state index in [0.29, 0.717) is 11.3 Å². The fourth-order valence-electron chi connectivity index (χ4n) is 4.82. The van der Waals surface area contributed by atoms with Gasteiger partial charge in [0, 0.05) is 16.8 Å². The van der Waals surface area contributed by atoms with Crippen LogP contribution in [0.15, 0.2) is 121 Å². The van der Waals surface area contributed by atoms with Gasteiger partial charge in [-0.05, 0) is 58.8 Å². The van der Waals surface area contributed by atoms with Crippen LogP contribution >= 0.6 is 0 Å². The summed E-state index contributed by atoms with van der Waals surface area (Å²) in [5.74, 6) is 0. The first kappa shape index (κ1) is 24.6. The monoisotopic (exact) mass is 489 g/mol. The van der Waals surface area contributed by atoms with E-state index in [0.717, 1.165) is 46.4 Å². The Morgan fingerprint density at radius 1 is 0.737 bits per heavy atom. The maximum Gasteiger partial charge on any atom is 0.212 e. The van der Waals surface area contributed by atoms with Crippen molar-refractivity contribution < 1.29 is 0 Å². The van der Waals surface area contributed by atoms with E-state index in [1.807, 2.05) is 54.6 Å². The molecule has 182 valence electrons. The van der Waals surface area contributed by atoms with Crippen molar-refractivity contribution in [1.82, 2.24) is 0 Å². The van der Waals surface area contributed by atoms with Gasteiger partial charge < -0.3 is 4.90 Å². The average molecular weight is 490 g/mol. The number of aryl methyl sites for hydroxylation is 1. The molecule has 0 radical (unpaired) electrons. The number of nitriles is 1. The minimum atomic E-state index is 0.360. The quantitative estimate of drug-likeness (QED) is 0.129. The highest BCUT2D eigenvalue weighted by atomic mass is 15.1. The molecule has 0 bridgehead atoms. The number of fused-ring (bicyclic) bond motifs is 1. The van der Waals surface area contributed by atoms with E-state index in [1.54, 1.807) is 0 Å². The van der Waals surface area contributed by atoms with Crippen LogP contribution < -0.4 is 4.90 Å². The second-order valence-corrected chi connectivity index (χ2v) is 9.11. The van der Waals surface area contributed by atoms with E-state index in [2.05, 4.69) is 89.5 Å². The summed E-state index contributed by atoms with van der Waals surface area (Å²) in [6, 6.07) is 43.1. The summed E-state index contributed by atoms with van der Waals surface area (Å²) in [6.45, 7) is 9.94. The molecule has 3 heteroatoms. The summed E-state index contributed by atoms with van der Waals surface area (Å²) in [5.41, 5.74) is 6.65. The zero-order chi connectivity index (χ0) is 26.3. The molecule has 0 aliphatic carbocycles. The molecule has 38 heavy (non-hydrogen) atoms. The van der Waals surface area contributed by atoms with Crippen LogP contribution in [0.5, 0.6) is 0 Å². The van der Waals surface area contributed by atoms with Gasteiger partial charge in [-0.25, -0.2) is 4.85 Å². The minimum absolute atomic E-state index is 0.360. The number of anilines is 3. The van der Waals surface area contributed by atoms with E-state index in [1.165, 1.54) is 10.9 Å². The molecule has 0 saturated carbocycles. The number of hydrogen-bond acceptors (Lipinski definition) is 2. The Bertz CT molecular complexity index is 1660. The first-order valence-electron chi connectivity index (χ1n) is 12.8. The fraction of sp³-hybridized carbons (Fsp3) is 0.0857. The molecule has 0 atom stereocenters. The first-order chi connectivity index (χ1) is 18.7. The van der Waals surface area contributed by atoms with Gasteiger partial charge in [0.1, 0.15) is 0 Å². The van der Waals surface area contributed by atoms with E-state index in [-0.39, 0.29) is 0 Å². The zero-order valence-electron chi connectivity index (χ0n) is 21.3. The fourth-order valence-corrected chi connectivity index (χ4v) is 4.82. The van der Waals surface area contributed by atoms with Crippen molar-refractivity contribution in [2.24, 2.45) is 0 Å². The van der Waals surface area contributed by atoms with Crippen LogP contribution in [0.25, 0.3) is 26.9 Å². The van der Waals surface area contributed by atoms with Gasteiger partial charge in [0.05, 0.1) is 23.9 Å². The summed E-state index contributed by atoms with van der Waals surface area (Å²) in [7, 11) is 0. The third-order valence-electron chi connectivity index (χ3n) is 6.66. The van der Waals surface area contributed by atoms with Crippen LogP contribution in [-0.4, -0.2) is 0 Å². The molecule has 0 aliphatic rings. The normalized spacial score (nSPS) is 11.3. The lowest BCUT2D eigenvalue weighted by Crippen LogP contribution is -2.10. The molecule has 0 heterocycles. The Hall–Kier alpha value is -5.12. The van der Waals surface area contributed by atoms with Gasteiger partial charge in [0.2, 0.25) is 5.70 Å². The largest absolute Gasteiger partial charge is 0.310 e. The smallest absolute Gasteiger partial charge is 0.212 e. The lowest BCUT2D eigenvalue weighted by atomic mass is 10.00. The Kier molecular flexibility index (Phi) is 7.30. The van der Waals surface area contributed by atoms with Crippen LogP contribution in [-0.2, 0) is 6.42 Å². The first-order valence-corrected chi connectivity index (χ1v) is 12.8. The van der Waals surface area contributed by atoms with Crippen molar-refractivity contribution in [3.05, 3.63) is 149 Å². The number of allylic oxidation sites excluding steroid dienone is 1. The molecule has 5 aromatic carbocycles. The van der Waals surface area contributed by atoms with Gasteiger partial charge in [-0.15, -0.1) is 0 Å². The predicted molar refractivity (Wildman–Crippen MR) is 158 cm³/mol. The summed E-state index contributed by atoms with van der Waals surface area (Å²) in [6.07, 6.45) is 2.16. The molecule has 0 aliphatic heterocycles. The Balaban J connectivity index is 1.63. The molecule has 0 N–H and O–H groups in total. The highest BCUT2D eigenvalue weighted by Crippen LogP contribution is 2.39. The van der Waals surface area contributed by atoms with Gasteiger partial charge in [-0.1, -0.05) is 104 Å². The molecule has 0 unspecified atom stereocenters. The van der Waals surface area contributed by atoms with Gasteiger partial charge in [0.25, 0.3) is 0 Å². The molecule has 0 fully saturated rings.